The van der Waals surface area contributed by atoms with Gasteiger partial charge in [0.05, 0.1) is 17.7 Å². The van der Waals surface area contributed by atoms with Crippen molar-refractivity contribution in [3.8, 4) is 5.69 Å². The monoisotopic (exact) mass is 458 g/mol. The second kappa shape index (κ2) is 8.37. The topological polar surface area (TPSA) is 87.0 Å². The minimum absolute atomic E-state index is 0.156. The molecule has 0 aliphatic carbocycles. The Hall–Kier alpha value is -3.07. The van der Waals surface area contributed by atoms with E-state index in [1.807, 2.05) is 32.3 Å². The normalized spacial score (nSPS) is 20.3. The number of piperidine rings is 1. The van der Waals surface area contributed by atoms with Crippen LogP contribution in [0.15, 0.2) is 36.5 Å². The Morgan fingerprint density at radius 1 is 1.21 bits per heavy atom. The smallest absolute Gasteiger partial charge is 0.410 e. The van der Waals surface area contributed by atoms with Crippen LogP contribution in [0.3, 0.4) is 0 Å². The van der Waals surface area contributed by atoms with Gasteiger partial charge in [-0.2, -0.15) is 0 Å². The number of nitrogens with zero attached hydrogens (tertiary/aromatic N) is 3. The fraction of sp³-hybridized carbons (Fsp3) is 0.500. The van der Waals surface area contributed by atoms with Crippen LogP contribution in [0.2, 0.25) is 0 Å². The Morgan fingerprint density at radius 3 is 2.45 bits per heavy atom. The maximum Gasteiger partial charge on any atom is 0.410 e. The van der Waals surface area contributed by atoms with Gasteiger partial charge in [0, 0.05) is 25.0 Å². The zero-order valence-corrected chi connectivity index (χ0v) is 19.5. The van der Waals surface area contributed by atoms with Gasteiger partial charge in [-0.15, -0.1) is 0 Å². The number of fused-ring (bicyclic) bond motifs is 1. The predicted molar refractivity (Wildman–Crippen MR) is 122 cm³/mol. The number of aromatic nitrogens is 1. The molecule has 1 fully saturated rings. The number of halogens is 1. The average Bonchev–Trinajstić information content (AvgIpc) is 3.15. The summed E-state index contributed by atoms with van der Waals surface area (Å²) >= 11 is 0. The van der Waals surface area contributed by atoms with Crippen LogP contribution in [-0.4, -0.2) is 68.5 Å². The number of rotatable bonds is 3. The molecular formula is C24H31FN4O4. The Kier molecular flexibility index (Phi) is 5.86. The van der Waals surface area contributed by atoms with E-state index in [-0.39, 0.29) is 30.5 Å². The van der Waals surface area contributed by atoms with Crippen molar-refractivity contribution in [3.63, 3.8) is 0 Å². The highest BCUT2D eigenvalue weighted by Gasteiger charge is 2.41. The first kappa shape index (κ1) is 23.1. The molecule has 9 heteroatoms. The number of aliphatic hydroxyl groups is 1. The van der Waals surface area contributed by atoms with E-state index in [1.165, 1.54) is 12.1 Å². The van der Waals surface area contributed by atoms with Gasteiger partial charge in [0.2, 0.25) is 0 Å². The number of hydrogen-bond acceptors (Lipinski definition) is 5. The lowest BCUT2D eigenvalue weighted by Gasteiger charge is -2.44. The van der Waals surface area contributed by atoms with E-state index in [0.29, 0.717) is 37.3 Å². The summed E-state index contributed by atoms with van der Waals surface area (Å²) in [6.45, 7) is 8.20. The third-order valence-electron chi connectivity index (χ3n) is 6.11. The third-order valence-corrected chi connectivity index (χ3v) is 6.11. The number of likely N-dealkylation sites (tertiary alicyclic amines) is 1. The van der Waals surface area contributed by atoms with Crippen LogP contribution < -0.4 is 5.32 Å². The number of carbonyl (C=O) groups excluding carboxylic acids is 2. The molecule has 1 atom stereocenters. The van der Waals surface area contributed by atoms with Crippen molar-refractivity contribution in [1.29, 1.82) is 0 Å². The number of ether oxygens (including phenoxy) is 1. The van der Waals surface area contributed by atoms with Crippen molar-refractivity contribution in [1.82, 2.24) is 14.4 Å². The van der Waals surface area contributed by atoms with Crippen molar-refractivity contribution in [2.24, 2.45) is 0 Å². The molecule has 0 bridgehead atoms. The Labute approximate surface area is 192 Å². The van der Waals surface area contributed by atoms with Crippen LogP contribution in [-0.2, 0) is 4.74 Å². The molecule has 8 nitrogen and oxygen atoms in total. The van der Waals surface area contributed by atoms with Crippen LogP contribution in [0.25, 0.3) is 5.69 Å². The molecule has 0 radical (unpaired) electrons. The molecule has 0 saturated carbocycles. The first-order valence-electron chi connectivity index (χ1n) is 11.2. The number of hydrogen-bond donors (Lipinski definition) is 2. The van der Waals surface area contributed by atoms with E-state index in [2.05, 4.69) is 5.32 Å². The second-order valence-corrected chi connectivity index (χ2v) is 9.87. The van der Waals surface area contributed by atoms with Crippen molar-refractivity contribution in [2.45, 2.75) is 57.9 Å². The molecule has 2 aliphatic heterocycles. The number of anilines is 1. The molecule has 2 N–H and O–H groups in total. The number of β-amino-alcohol motifs (C(OH)–C–C–N with tert-alkyl or cyclic N) is 1. The highest BCUT2D eigenvalue weighted by Crippen LogP contribution is 2.32. The van der Waals surface area contributed by atoms with Crippen LogP contribution in [0.1, 0.15) is 50.9 Å². The van der Waals surface area contributed by atoms with Crippen molar-refractivity contribution < 1.29 is 23.8 Å². The van der Waals surface area contributed by atoms with Gasteiger partial charge < -0.3 is 29.5 Å². The molecule has 2 aliphatic rings. The Bertz CT molecular complexity index is 1040. The average molecular weight is 459 g/mol. The van der Waals surface area contributed by atoms with E-state index in [0.717, 1.165) is 5.69 Å². The molecule has 1 aromatic carbocycles. The summed E-state index contributed by atoms with van der Waals surface area (Å²) in [5, 5.41) is 14.5. The van der Waals surface area contributed by atoms with Gasteiger partial charge in [-0.1, -0.05) is 0 Å². The summed E-state index contributed by atoms with van der Waals surface area (Å²) in [6.07, 6.45) is 1.73. The lowest BCUT2D eigenvalue weighted by molar-refractivity contribution is -0.0501. The highest BCUT2D eigenvalue weighted by atomic mass is 19.1. The molecule has 2 aromatic rings. The molecule has 1 unspecified atom stereocenters. The summed E-state index contributed by atoms with van der Waals surface area (Å²) in [5.74, 6) is 0.136. The summed E-state index contributed by atoms with van der Waals surface area (Å²) in [5.41, 5.74) is -0.436. The molecule has 178 valence electrons. The van der Waals surface area contributed by atoms with Gasteiger partial charge in [0.25, 0.3) is 5.91 Å². The van der Waals surface area contributed by atoms with Gasteiger partial charge in [0.1, 0.15) is 23.4 Å². The van der Waals surface area contributed by atoms with Gasteiger partial charge >= 0.3 is 6.09 Å². The maximum atomic E-state index is 13.3. The first-order valence-corrected chi connectivity index (χ1v) is 11.2. The number of nitrogens with one attached hydrogen (secondary N) is 1. The number of amides is 2. The van der Waals surface area contributed by atoms with Crippen molar-refractivity contribution in [2.75, 3.05) is 25.0 Å². The molecule has 4 rings (SSSR count). The molecule has 2 amide bonds. The predicted octanol–water partition coefficient (Wildman–Crippen LogP) is 3.59. The van der Waals surface area contributed by atoms with Gasteiger partial charge in [0.15, 0.2) is 0 Å². The second-order valence-electron chi connectivity index (χ2n) is 9.87. The number of carbonyl (C=O) groups is 2. The summed E-state index contributed by atoms with van der Waals surface area (Å²) < 4.78 is 20.5. The zero-order chi connectivity index (χ0) is 24.0. The molecule has 1 aromatic heterocycles. The third kappa shape index (κ3) is 4.83. The minimum atomic E-state index is -1.10. The molecule has 33 heavy (non-hydrogen) atoms. The van der Waals surface area contributed by atoms with E-state index in [1.54, 1.807) is 34.2 Å². The van der Waals surface area contributed by atoms with Crippen molar-refractivity contribution >= 4 is 17.8 Å². The SMILES string of the molecule is CC1Nc2c(ccn2-c2ccc(F)cc2)C(=O)N1CC1(O)CCN(C(=O)OC(C)(C)C)CC1. The lowest BCUT2D eigenvalue weighted by atomic mass is 9.90. The van der Waals surface area contributed by atoms with Crippen LogP contribution >= 0.6 is 0 Å². The first-order chi connectivity index (χ1) is 15.5. The van der Waals surface area contributed by atoms with Gasteiger partial charge in [-0.05, 0) is 70.9 Å². The molecule has 1 saturated heterocycles. The van der Waals surface area contributed by atoms with Crippen LogP contribution in [0, 0.1) is 5.82 Å². The molecule has 3 heterocycles. The minimum Gasteiger partial charge on any atom is -0.444 e. The summed E-state index contributed by atoms with van der Waals surface area (Å²) in [4.78, 5) is 28.8. The van der Waals surface area contributed by atoms with Gasteiger partial charge in [-0.25, -0.2) is 9.18 Å². The van der Waals surface area contributed by atoms with E-state index in [4.69, 9.17) is 4.74 Å². The van der Waals surface area contributed by atoms with Crippen molar-refractivity contribution in [3.05, 3.63) is 47.9 Å². The van der Waals surface area contributed by atoms with E-state index in [9.17, 15) is 19.1 Å². The Balaban J connectivity index is 1.45. The summed E-state index contributed by atoms with van der Waals surface area (Å²) in [7, 11) is 0. The van der Waals surface area contributed by atoms with Crippen LogP contribution in [0.5, 0.6) is 0 Å². The fourth-order valence-corrected chi connectivity index (χ4v) is 4.29. The van der Waals surface area contributed by atoms with Gasteiger partial charge in [-0.3, -0.25) is 4.79 Å². The molecule has 0 spiro atoms. The largest absolute Gasteiger partial charge is 0.444 e. The maximum absolute atomic E-state index is 13.3. The summed E-state index contributed by atoms with van der Waals surface area (Å²) in [6, 6.07) is 7.78. The highest BCUT2D eigenvalue weighted by molar-refractivity contribution is 6.01. The molecular weight excluding hydrogens is 427 g/mol. The van der Waals surface area contributed by atoms with E-state index >= 15 is 0 Å². The lowest BCUT2D eigenvalue weighted by Crippen LogP contribution is -2.57. The van der Waals surface area contributed by atoms with E-state index < -0.39 is 11.2 Å². The fourth-order valence-electron chi connectivity index (χ4n) is 4.29. The standard InChI is InChI=1S/C24H31FN4O4/c1-16-26-20-19(9-12-28(20)18-7-5-17(25)6-8-18)21(30)29(16)15-24(32)10-13-27(14-11-24)22(31)33-23(2,3)4/h5-9,12,16,26,32H,10-11,13-15H2,1-4H3. The zero-order valence-electron chi connectivity index (χ0n) is 19.5. The Morgan fingerprint density at radius 2 is 1.85 bits per heavy atom. The number of benzene rings is 1. The quantitative estimate of drug-likeness (QED) is 0.734. The van der Waals surface area contributed by atoms with Crippen LogP contribution in [0.4, 0.5) is 15.0 Å².